The van der Waals surface area contributed by atoms with Gasteiger partial charge in [0.2, 0.25) is 5.91 Å². The van der Waals surface area contributed by atoms with Crippen molar-refractivity contribution in [2.45, 2.75) is 71.9 Å². The number of carbonyl (C=O) groups excluding carboxylic acids is 1. The molecule has 134 valence electrons. The molecule has 1 rings (SSSR count). The van der Waals surface area contributed by atoms with E-state index in [4.69, 9.17) is 0 Å². The van der Waals surface area contributed by atoms with Crippen molar-refractivity contribution in [2.24, 2.45) is 16.8 Å². The summed E-state index contributed by atoms with van der Waals surface area (Å²) in [6.07, 6.45) is 5.96. The smallest absolute Gasteiger partial charge is 0.243 e. The molecule has 1 amide bonds. The Balaban J connectivity index is 2.59. The number of nitrogens with one attached hydrogen (secondary N) is 2. The average molecular weight is 325 g/mol. The number of likely N-dealkylation sites (N-methyl/N-ethyl adjacent to an activating group) is 1. The molecule has 1 unspecified atom stereocenters. The third-order valence-corrected chi connectivity index (χ3v) is 4.92. The van der Waals surface area contributed by atoms with Crippen molar-refractivity contribution in [1.82, 2.24) is 15.5 Å². The van der Waals surface area contributed by atoms with Crippen LogP contribution in [0.25, 0.3) is 0 Å². The quantitative estimate of drug-likeness (QED) is 0.583. The van der Waals surface area contributed by atoms with Crippen LogP contribution in [0.1, 0.15) is 59.8 Å². The second-order valence-corrected chi connectivity index (χ2v) is 7.41. The van der Waals surface area contributed by atoms with Crippen LogP contribution in [0.2, 0.25) is 0 Å². The maximum absolute atomic E-state index is 11.8. The minimum atomic E-state index is 0.0266. The molecule has 0 aromatic heterocycles. The predicted molar refractivity (Wildman–Crippen MR) is 97.6 cm³/mol. The highest BCUT2D eigenvalue weighted by atomic mass is 16.2. The van der Waals surface area contributed by atoms with Gasteiger partial charge in [0.25, 0.3) is 0 Å². The Hall–Kier alpha value is -1.26. The van der Waals surface area contributed by atoms with Gasteiger partial charge < -0.3 is 15.5 Å². The Kier molecular flexibility index (Phi) is 8.42. The Labute approximate surface area is 142 Å². The summed E-state index contributed by atoms with van der Waals surface area (Å²) in [6.45, 7) is 9.13. The second kappa shape index (κ2) is 9.78. The van der Waals surface area contributed by atoms with Gasteiger partial charge in [-0.3, -0.25) is 4.79 Å². The largest absolute Gasteiger partial charge is 0.354 e. The van der Waals surface area contributed by atoms with Crippen LogP contribution in [0, 0.1) is 11.8 Å². The minimum absolute atomic E-state index is 0.0266. The molecule has 0 aromatic carbocycles. The Morgan fingerprint density at radius 1 is 1.17 bits per heavy atom. The van der Waals surface area contributed by atoms with Crippen LogP contribution in [0.15, 0.2) is 4.99 Å². The fraction of sp³-hybridized carbons (Fsp3) is 0.889. The van der Waals surface area contributed by atoms with Gasteiger partial charge in [-0.05, 0) is 50.9 Å². The van der Waals surface area contributed by atoms with Crippen molar-refractivity contribution >= 4 is 11.9 Å². The number of guanidine groups is 1. The normalized spacial score (nSPS) is 23.5. The van der Waals surface area contributed by atoms with Gasteiger partial charge >= 0.3 is 0 Å². The molecule has 0 aliphatic heterocycles. The van der Waals surface area contributed by atoms with Gasteiger partial charge in [-0.15, -0.1) is 0 Å². The van der Waals surface area contributed by atoms with Crippen molar-refractivity contribution in [3.63, 3.8) is 0 Å². The first kappa shape index (κ1) is 19.8. The molecule has 1 fully saturated rings. The fourth-order valence-corrected chi connectivity index (χ4v) is 2.88. The Morgan fingerprint density at radius 3 is 2.26 bits per heavy atom. The lowest BCUT2D eigenvalue weighted by Gasteiger charge is -2.32. The van der Waals surface area contributed by atoms with Gasteiger partial charge in [-0.25, -0.2) is 4.99 Å². The topological polar surface area (TPSA) is 56.7 Å². The Bertz CT molecular complexity index is 384. The van der Waals surface area contributed by atoms with Crippen LogP contribution in [-0.4, -0.2) is 49.5 Å². The molecule has 5 nitrogen and oxygen atoms in total. The van der Waals surface area contributed by atoms with Gasteiger partial charge in [-0.1, -0.05) is 20.8 Å². The first-order valence-electron chi connectivity index (χ1n) is 9.11. The predicted octanol–water partition coefficient (Wildman–Crippen LogP) is 2.62. The molecule has 0 aromatic rings. The third kappa shape index (κ3) is 7.23. The summed E-state index contributed by atoms with van der Waals surface area (Å²) in [4.78, 5) is 17.8. The molecular formula is C18H36N4O. The number of hydrogen-bond donors (Lipinski definition) is 2. The lowest BCUT2D eigenvalue weighted by atomic mass is 9.80. The molecule has 2 N–H and O–H groups in total. The van der Waals surface area contributed by atoms with E-state index in [2.05, 4.69) is 43.3 Å². The van der Waals surface area contributed by atoms with Crippen molar-refractivity contribution in [3.8, 4) is 0 Å². The van der Waals surface area contributed by atoms with Gasteiger partial charge in [0.05, 0.1) is 0 Å². The van der Waals surface area contributed by atoms with Gasteiger partial charge in [0, 0.05) is 26.2 Å². The molecule has 1 aliphatic carbocycles. The zero-order valence-electron chi connectivity index (χ0n) is 15.9. The average Bonchev–Trinajstić information content (AvgIpc) is 2.52. The number of nitrogens with zero attached hydrogens (tertiary/aromatic N) is 2. The van der Waals surface area contributed by atoms with E-state index in [1.807, 2.05) is 0 Å². The van der Waals surface area contributed by atoms with Crippen LogP contribution >= 0.6 is 0 Å². The van der Waals surface area contributed by atoms with E-state index in [-0.39, 0.29) is 12.5 Å². The molecule has 1 atom stereocenters. The van der Waals surface area contributed by atoms with Crippen LogP contribution in [-0.2, 0) is 4.79 Å². The molecule has 0 radical (unpaired) electrons. The van der Waals surface area contributed by atoms with Crippen molar-refractivity contribution in [3.05, 3.63) is 0 Å². The molecule has 1 aliphatic rings. The van der Waals surface area contributed by atoms with Gasteiger partial charge in [0.15, 0.2) is 5.96 Å². The first-order chi connectivity index (χ1) is 10.8. The highest BCUT2D eigenvalue weighted by Gasteiger charge is 2.24. The van der Waals surface area contributed by atoms with Gasteiger partial charge in [-0.2, -0.15) is 0 Å². The molecule has 5 heteroatoms. The van der Waals surface area contributed by atoms with Crippen LogP contribution in [0.4, 0.5) is 0 Å². The van der Waals surface area contributed by atoms with Crippen LogP contribution in [0.3, 0.4) is 0 Å². The molecule has 1 saturated carbocycles. The van der Waals surface area contributed by atoms with Crippen LogP contribution < -0.4 is 10.6 Å². The molecular weight excluding hydrogens is 288 g/mol. The number of carbonyl (C=O) groups is 1. The zero-order valence-corrected chi connectivity index (χ0v) is 15.9. The summed E-state index contributed by atoms with van der Waals surface area (Å²) in [5, 5.41) is 6.95. The van der Waals surface area contributed by atoms with Gasteiger partial charge in [0.1, 0.15) is 6.54 Å². The fourth-order valence-electron chi connectivity index (χ4n) is 2.88. The molecule has 0 bridgehead atoms. The summed E-state index contributed by atoms with van der Waals surface area (Å²) in [5.41, 5.74) is 0. The summed E-state index contributed by atoms with van der Waals surface area (Å²) < 4.78 is 0. The summed E-state index contributed by atoms with van der Waals surface area (Å²) >= 11 is 0. The summed E-state index contributed by atoms with van der Waals surface area (Å²) in [5.74, 6) is 2.44. The van der Waals surface area contributed by atoms with E-state index in [1.165, 1.54) is 25.7 Å². The van der Waals surface area contributed by atoms with E-state index in [9.17, 15) is 4.79 Å². The maximum Gasteiger partial charge on any atom is 0.243 e. The molecule has 0 saturated heterocycles. The highest BCUT2D eigenvalue weighted by Crippen LogP contribution is 2.29. The lowest BCUT2D eigenvalue weighted by Crippen LogP contribution is -2.48. The summed E-state index contributed by atoms with van der Waals surface area (Å²) in [6, 6.07) is 0.817. The van der Waals surface area contributed by atoms with Crippen molar-refractivity contribution in [1.29, 1.82) is 0 Å². The third-order valence-electron chi connectivity index (χ3n) is 4.92. The van der Waals surface area contributed by atoms with Crippen molar-refractivity contribution in [2.75, 3.05) is 20.6 Å². The lowest BCUT2D eigenvalue weighted by molar-refractivity contribution is -0.127. The number of amides is 1. The maximum atomic E-state index is 11.8. The number of hydrogen-bond acceptors (Lipinski definition) is 2. The number of aliphatic imine (C=N–C) groups is 1. The monoisotopic (exact) mass is 324 g/mol. The Morgan fingerprint density at radius 2 is 1.78 bits per heavy atom. The highest BCUT2D eigenvalue weighted by molar-refractivity contribution is 5.85. The first-order valence-corrected chi connectivity index (χ1v) is 9.11. The standard InChI is InChI=1S/C18H36N4O/c1-7-14(4)20-18(19-12-17(23)22(5)6)21-16-10-8-15(9-11-16)13(2)3/h13-16H,7-12H2,1-6H3,(H2,19,20,21). The molecule has 23 heavy (non-hydrogen) atoms. The molecule has 0 spiro atoms. The molecule has 0 heterocycles. The van der Waals surface area contributed by atoms with Crippen LogP contribution in [0.5, 0.6) is 0 Å². The van der Waals surface area contributed by atoms with E-state index >= 15 is 0 Å². The SMILES string of the molecule is CCC(C)NC(=NCC(=O)N(C)C)NC1CCC(C(C)C)CC1. The van der Waals surface area contributed by atoms with E-state index < -0.39 is 0 Å². The summed E-state index contributed by atoms with van der Waals surface area (Å²) in [7, 11) is 3.53. The zero-order chi connectivity index (χ0) is 17.4. The minimum Gasteiger partial charge on any atom is -0.354 e. The van der Waals surface area contributed by atoms with E-state index in [1.54, 1.807) is 19.0 Å². The van der Waals surface area contributed by atoms with Crippen molar-refractivity contribution < 1.29 is 4.79 Å². The van der Waals surface area contributed by atoms with E-state index in [0.717, 1.165) is 24.2 Å². The van der Waals surface area contributed by atoms with E-state index in [0.29, 0.717) is 12.1 Å². The second-order valence-electron chi connectivity index (χ2n) is 7.41. The number of rotatable bonds is 6.